The maximum absolute atomic E-state index is 11.7. The molecule has 0 aliphatic rings. The van der Waals surface area contributed by atoms with Crippen LogP contribution in [0, 0.1) is 0 Å². The Bertz CT molecular complexity index is 1050. The number of fused-ring (bicyclic) bond motifs is 1. The van der Waals surface area contributed by atoms with E-state index in [-0.39, 0.29) is 11.8 Å². The third kappa shape index (κ3) is 2.41. The van der Waals surface area contributed by atoms with Gasteiger partial charge < -0.3 is 4.42 Å². The van der Waals surface area contributed by atoms with Gasteiger partial charge in [-0.25, -0.2) is 14.5 Å². The van der Waals surface area contributed by atoms with Gasteiger partial charge in [-0.1, -0.05) is 29.8 Å². The molecule has 0 aliphatic carbocycles. The van der Waals surface area contributed by atoms with Crippen LogP contribution < -0.4 is 5.76 Å². The van der Waals surface area contributed by atoms with E-state index in [0.29, 0.717) is 10.6 Å². The average molecular weight is 341 g/mol. The molecule has 0 amide bonds. The lowest BCUT2D eigenvalue weighted by Crippen LogP contribution is -2.13. The van der Waals surface area contributed by atoms with Crippen molar-refractivity contribution in [1.29, 1.82) is 0 Å². The summed E-state index contributed by atoms with van der Waals surface area (Å²) in [5.74, 6) is -0.383. The van der Waals surface area contributed by atoms with Gasteiger partial charge in [0.2, 0.25) is 0 Å². The molecule has 0 N–H and O–H groups in total. The summed E-state index contributed by atoms with van der Waals surface area (Å²) in [5.41, 5.74) is 3.23. The number of halogens is 1. The summed E-state index contributed by atoms with van der Waals surface area (Å²) in [7, 11) is 1.68. The highest BCUT2D eigenvalue weighted by Gasteiger charge is 2.19. The first-order chi connectivity index (χ1) is 11.6. The predicted molar refractivity (Wildman–Crippen MR) is 90.2 cm³/mol. The number of hydrogen-bond donors (Lipinski definition) is 0. The van der Waals surface area contributed by atoms with Crippen molar-refractivity contribution in [3.63, 3.8) is 0 Å². The van der Waals surface area contributed by atoms with Crippen molar-refractivity contribution in [3.05, 3.63) is 81.8 Å². The zero-order valence-electron chi connectivity index (χ0n) is 12.8. The van der Waals surface area contributed by atoms with Crippen LogP contribution in [0.5, 0.6) is 0 Å². The van der Waals surface area contributed by atoms with Crippen molar-refractivity contribution in [2.24, 2.45) is 7.05 Å². The highest BCUT2D eigenvalue weighted by atomic mass is 35.5. The van der Waals surface area contributed by atoms with E-state index in [1.165, 1.54) is 10.9 Å². The Balaban J connectivity index is 1.90. The van der Waals surface area contributed by atoms with Crippen LogP contribution >= 0.6 is 11.6 Å². The third-order valence-corrected chi connectivity index (χ3v) is 4.27. The Labute approximate surface area is 141 Å². The van der Waals surface area contributed by atoms with E-state index in [2.05, 4.69) is 10.1 Å². The van der Waals surface area contributed by atoms with Crippen LogP contribution in [0.4, 0.5) is 0 Å². The molecule has 4 aromatic rings. The van der Waals surface area contributed by atoms with Crippen LogP contribution in [-0.4, -0.2) is 19.3 Å². The van der Waals surface area contributed by atoms with E-state index in [0.717, 1.165) is 16.6 Å². The maximum Gasteiger partial charge on any atom is 0.419 e. The van der Waals surface area contributed by atoms with Crippen molar-refractivity contribution in [1.82, 2.24) is 19.3 Å². The van der Waals surface area contributed by atoms with E-state index < -0.39 is 0 Å². The Morgan fingerprint density at radius 2 is 1.88 bits per heavy atom. The topological polar surface area (TPSA) is 65.8 Å². The molecule has 2 heterocycles. The second-order valence-electron chi connectivity index (χ2n) is 5.48. The molecule has 0 saturated heterocycles. The van der Waals surface area contributed by atoms with Crippen LogP contribution in [0.25, 0.3) is 11.1 Å². The molecule has 0 spiro atoms. The molecular weight excluding hydrogens is 328 g/mol. The molecule has 2 aromatic heterocycles. The van der Waals surface area contributed by atoms with Crippen molar-refractivity contribution in [3.8, 4) is 0 Å². The van der Waals surface area contributed by atoms with E-state index in [9.17, 15) is 4.79 Å². The largest absolute Gasteiger partial charge is 0.419 e. The Morgan fingerprint density at radius 3 is 2.58 bits per heavy atom. The van der Waals surface area contributed by atoms with Gasteiger partial charge in [-0.2, -0.15) is 5.10 Å². The smallest absolute Gasteiger partial charge is 0.408 e. The molecule has 1 atom stereocenters. The lowest BCUT2D eigenvalue weighted by molar-refractivity contribution is 0.527. The zero-order chi connectivity index (χ0) is 16.7. The summed E-state index contributed by atoms with van der Waals surface area (Å²) in [6.07, 6.45) is 3.15. The molecule has 0 radical (unpaired) electrons. The van der Waals surface area contributed by atoms with E-state index in [1.54, 1.807) is 18.1 Å². The number of rotatable bonds is 3. The Morgan fingerprint density at radius 1 is 1.12 bits per heavy atom. The van der Waals surface area contributed by atoms with Gasteiger partial charge in [-0.3, -0.25) is 4.57 Å². The first-order valence-electron chi connectivity index (χ1n) is 7.32. The molecule has 0 aliphatic heterocycles. The number of aromatic nitrogens is 4. The minimum atomic E-state index is -0.383. The lowest BCUT2D eigenvalue weighted by atomic mass is 9.98. The normalized spacial score (nSPS) is 12.6. The Hall–Kier alpha value is -2.86. The molecule has 0 fully saturated rings. The third-order valence-electron chi connectivity index (χ3n) is 4.02. The molecule has 4 rings (SSSR count). The van der Waals surface area contributed by atoms with Crippen molar-refractivity contribution >= 4 is 22.7 Å². The van der Waals surface area contributed by atoms with Crippen molar-refractivity contribution < 1.29 is 4.42 Å². The standard InChI is InChI=1S/C17H13ClN4O2/c1-21-14-7-4-12(8-15(14)24-17(21)23)16(22-10-19-9-20-22)11-2-5-13(18)6-3-11/h2-10,16H,1H3. The highest BCUT2D eigenvalue weighted by molar-refractivity contribution is 6.30. The van der Waals surface area contributed by atoms with Gasteiger partial charge in [0.25, 0.3) is 0 Å². The second-order valence-corrected chi connectivity index (χ2v) is 5.92. The first-order valence-corrected chi connectivity index (χ1v) is 7.70. The molecule has 0 bridgehead atoms. The second kappa shape index (κ2) is 5.65. The highest BCUT2D eigenvalue weighted by Crippen LogP contribution is 2.29. The van der Waals surface area contributed by atoms with Crippen molar-refractivity contribution in [2.75, 3.05) is 0 Å². The van der Waals surface area contributed by atoms with Gasteiger partial charge in [0.15, 0.2) is 5.58 Å². The van der Waals surface area contributed by atoms with Crippen LogP contribution in [0.15, 0.2) is 64.3 Å². The number of oxazole rings is 1. The maximum atomic E-state index is 11.7. The number of hydrogen-bond acceptors (Lipinski definition) is 4. The lowest BCUT2D eigenvalue weighted by Gasteiger charge is -2.18. The van der Waals surface area contributed by atoms with Gasteiger partial charge in [0, 0.05) is 12.1 Å². The summed E-state index contributed by atoms with van der Waals surface area (Å²) in [6.45, 7) is 0. The van der Waals surface area contributed by atoms with Crippen LogP contribution in [0.2, 0.25) is 5.02 Å². The predicted octanol–water partition coefficient (Wildman–Crippen LogP) is 3.01. The summed E-state index contributed by atoms with van der Waals surface area (Å²) < 4.78 is 8.54. The molecule has 0 saturated carbocycles. The summed E-state index contributed by atoms with van der Waals surface area (Å²) in [5, 5.41) is 4.94. The fraction of sp³-hybridized carbons (Fsp3) is 0.118. The van der Waals surface area contributed by atoms with Crippen LogP contribution in [0.1, 0.15) is 17.2 Å². The van der Waals surface area contributed by atoms with Crippen molar-refractivity contribution in [2.45, 2.75) is 6.04 Å². The fourth-order valence-corrected chi connectivity index (χ4v) is 2.94. The monoisotopic (exact) mass is 340 g/mol. The fourth-order valence-electron chi connectivity index (χ4n) is 2.81. The summed E-state index contributed by atoms with van der Waals surface area (Å²) in [4.78, 5) is 15.8. The molecule has 24 heavy (non-hydrogen) atoms. The van der Waals surface area contributed by atoms with Gasteiger partial charge in [0.05, 0.1) is 5.52 Å². The van der Waals surface area contributed by atoms with Gasteiger partial charge in [-0.05, 0) is 35.4 Å². The number of benzene rings is 2. The molecule has 1 unspecified atom stereocenters. The molecule has 2 aromatic carbocycles. The summed E-state index contributed by atoms with van der Waals surface area (Å²) >= 11 is 6.00. The minimum absolute atomic E-state index is 0.195. The van der Waals surface area contributed by atoms with E-state index in [1.807, 2.05) is 42.5 Å². The molecule has 7 heteroatoms. The quantitative estimate of drug-likeness (QED) is 0.575. The minimum Gasteiger partial charge on any atom is -0.408 e. The molecule has 120 valence electrons. The first kappa shape index (κ1) is 14.7. The number of nitrogens with zero attached hydrogens (tertiary/aromatic N) is 4. The summed E-state index contributed by atoms with van der Waals surface area (Å²) in [6, 6.07) is 13.1. The van der Waals surface area contributed by atoms with E-state index in [4.69, 9.17) is 16.0 Å². The SMILES string of the molecule is Cn1c(=O)oc2cc(C(c3ccc(Cl)cc3)n3cncn3)ccc21. The zero-order valence-corrected chi connectivity index (χ0v) is 13.5. The average Bonchev–Trinajstić information content (AvgIpc) is 3.19. The Kier molecular flexibility index (Phi) is 3.46. The number of aryl methyl sites for hydroxylation is 1. The van der Waals surface area contributed by atoms with Crippen LogP contribution in [-0.2, 0) is 7.05 Å². The van der Waals surface area contributed by atoms with Gasteiger partial charge >= 0.3 is 5.76 Å². The van der Waals surface area contributed by atoms with Gasteiger partial charge in [-0.15, -0.1) is 0 Å². The van der Waals surface area contributed by atoms with Gasteiger partial charge in [0.1, 0.15) is 18.7 Å². The molecular formula is C17H13ClN4O2. The van der Waals surface area contributed by atoms with Crippen LogP contribution in [0.3, 0.4) is 0 Å². The van der Waals surface area contributed by atoms with E-state index >= 15 is 0 Å². The molecule has 6 nitrogen and oxygen atoms in total.